The fraction of sp³-hybridized carbons (Fsp3) is 0.200. The van der Waals surface area contributed by atoms with Crippen molar-refractivity contribution in [1.29, 1.82) is 0 Å². The van der Waals surface area contributed by atoms with Crippen LogP contribution in [0.3, 0.4) is 0 Å². The van der Waals surface area contributed by atoms with E-state index >= 15 is 0 Å². The highest BCUT2D eigenvalue weighted by molar-refractivity contribution is 5.81. The van der Waals surface area contributed by atoms with E-state index in [-0.39, 0.29) is 16.9 Å². The van der Waals surface area contributed by atoms with E-state index in [1.54, 1.807) is 16.7 Å². The van der Waals surface area contributed by atoms with E-state index in [1.807, 2.05) is 6.92 Å². The maximum atomic E-state index is 12.1. The molecule has 26 heavy (non-hydrogen) atoms. The molecule has 0 saturated heterocycles. The van der Waals surface area contributed by atoms with Gasteiger partial charge >= 0.3 is 5.69 Å². The first-order chi connectivity index (χ1) is 12.4. The molecule has 3 rings (SSSR count). The third kappa shape index (κ3) is 2.97. The van der Waals surface area contributed by atoms with Crippen LogP contribution < -0.4 is 16.7 Å². The lowest BCUT2D eigenvalue weighted by atomic mass is 10.2. The van der Waals surface area contributed by atoms with Crippen LogP contribution in [0.25, 0.3) is 11.2 Å². The van der Waals surface area contributed by atoms with Crippen molar-refractivity contribution < 1.29 is 4.92 Å². The fourth-order valence-electron chi connectivity index (χ4n) is 2.47. The van der Waals surface area contributed by atoms with Crippen LogP contribution in [0.5, 0.6) is 0 Å². The number of H-pyrrole nitrogens is 1. The van der Waals surface area contributed by atoms with Gasteiger partial charge in [0.1, 0.15) is 0 Å². The van der Waals surface area contributed by atoms with Gasteiger partial charge in [-0.2, -0.15) is 10.1 Å². The highest BCUT2D eigenvalue weighted by Crippen LogP contribution is 2.15. The van der Waals surface area contributed by atoms with Crippen LogP contribution >= 0.6 is 0 Å². The Bertz CT molecular complexity index is 1120. The molecule has 0 bridgehead atoms. The number of hydrazone groups is 1. The van der Waals surface area contributed by atoms with Crippen molar-refractivity contribution in [2.45, 2.75) is 13.5 Å². The highest BCUT2D eigenvalue weighted by Gasteiger charge is 2.15. The van der Waals surface area contributed by atoms with Crippen LogP contribution in [0.4, 0.5) is 11.6 Å². The zero-order chi connectivity index (χ0) is 18.8. The average molecular weight is 357 g/mol. The number of nitrogens with zero attached hydrogens (tertiary/aromatic N) is 5. The van der Waals surface area contributed by atoms with Gasteiger partial charge in [0.25, 0.3) is 11.2 Å². The van der Waals surface area contributed by atoms with Crippen molar-refractivity contribution in [2.24, 2.45) is 12.1 Å². The Morgan fingerprint density at radius 2 is 2.04 bits per heavy atom. The fourth-order valence-corrected chi connectivity index (χ4v) is 2.47. The van der Waals surface area contributed by atoms with Crippen molar-refractivity contribution >= 4 is 29.0 Å². The summed E-state index contributed by atoms with van der Waals surface area (Å²) in [5, 5.41) is 14.7. The number of benzene rings is 1. The summed E-state index contributed by atoms with van der Waals surface area (Å²) in [5.74, 6) is 0.298. The van der Waals surface area contributed by atoms with Gasteiger partial charge in [-0.3, -0.25) is 24.5 Å². The Labute approximate surface area is 145 Å². The molecule has 2 aromatic heterocycles. The van der Waals surface area contributed by atoms with Crippen molar-refractivity contribution in [2.75, 3.05) is 5.43 Å². The number of nitro groups is 1. The normalized spacial score (nSPS) is 11.3. The van der Waals surface area contributed by atoms with Crippen LogP contribution in [0.2, 0.25) is 0 Å². The van der Waals surface area contributed by atoms with Gasteiger partial charge in [0.05, 0.1) is 11.1 Å². The minimum Gasteiger partial charge on any atom is -0.303 e. The van der Waals surface area contributed by atoms with E-state index in [0.717, 1.165) is 0 Å². The van der Waals surface area contributed by atoms with Crippen LogP contribution in [-0.4, -0.2) is 30.2 Å². The molecule has 0 fully saturated rings. The van der Waals surface area contributed by atoms with Gasteiger partial charge in [-0.15, -0.1) is 0 Å². The number of hydrogen-bond donors (Lipinski definition) is 2. The first-order valence-corrected chi connectivity index (χ1v) is 7.65. The van der Waals surface area contributed by atoms with Gasteiger partial charge in [0.15, 0.2) is 11.2 Å². The predicted octanol–water partition coefficient (Wildman–Crippen LogP) is 0.797. The molecule has 0 unspecified atom stereocenters. The van der Waals surface area contributed by atoms with Crippen molar-refractivity contribution in [1.82, 2.24) is 19.1 Å². The van der Waals surface area contributed by atoms with E-state index in [2.05, 4.69) is 20.5 Å². The lowest BCUT2D eigenvalue weighted by Gasteiger charge is -2.03. The van der Waals surface area contributed by atoms with Gasteiger partial charge in [0.2, 0.25) is 5.95 Å². The molecule has 134 valence electrons. The number of rotatable bonds is 5. The zero-order valence-corrected chi connectivity index (χ0v) is 14.0. The molecule has 0 radical (unpaired) electrons. The minimum absolute atomic E-state index is 0.0111. The quantitative estimate of drug-likeness (QED) is 0.393. The lowest BCUT2D eigenvalue weighted by Crippen LogP contribution is -2.29. The first kappa shape index (κ1) is 17.1. The van der Waals surface area contributed by atoms with Crippen molar-refractivity contribution in [3.63, 3.8) is 0 Å². The molecular formula is C15H15N7O4. The number of fused-ring (bicyclic) bond motifs is 1. The Balaban J connectivity index is 1.92. The molecule has 0 spiro atoms. The summed E-state index contributed by atoms with van der Waals surface area (Å²) in [6.07, 6.45) is 1.46. The number of aryl methyl sites for hydroxylation is 2. The number of aromatic amines is 1. The summed E-state index contributed by atoms with van der Waals surface area (Å²) in [7, 11) is 1.51. The van der Waals surface area contributed by atoms with E-state index < -0.39 is 16.2 Å². The third-order valence-corrected chi connectivity index (χ3v) is 3.81. The van der Waals surface area contributed by atoms with Gasteiger partial charge in [-0.1, -0.05) is 0 Å². The standard InChI is InChI=1S/C15H15N7O4/c1-3-21-11-12(20(2)15(24)18-13(11)23)17-14(21)19-16-8-9-4-6-10(7-5-9)22(25)26/h4-8H,3H2,1-2H3,(H,17,19)(H,18,23,24). The molecule has 1 aromatic carbocycles. The first-order valence-electron chi connectivity index (χ1n) is 7.65. The molecule has 2 heterocycles. The summed E-state index contributed by atoms with van der Waals surface area (Å²) >= 11 is 0. The van der Waals surface area contributed by atoms with Crippen molar-refractivity contribution in [3.8, 4) is 0 Å². The van der Waals surface area contributed by atoms with Gasteiger partial charge in [-0.05, 0) is 24.6 Å². The molecule has 0 saturated carbocycles. The third-order valence-electron chi connectivity index (χ3n) is 3.81. The number of anilines is 1. The molecule has 11 heteroatoms. The minimum atomic E-state index is -0.552. The monoisotopic (exact) mass is 357 g/mol. The number of non-ortho nitro benzene ring substituents is 1. The summed E-state index contributed by atoms with van der Waals surface area (Å²) in [6.45, 7) is 2.27. The smallest absolute Gasteiger partial charge is 0.303 e. The van der Waals surface area contributed by atoms with E-state index in [1.165, 1.54) is 30.0 Å². The van der Waals surface area contributed by atoms with Gasteiger partial charge < -0.3 is 4.57 Å². The van der Waals surface area contributed by atoms with Gasteiger partial charge in [0, 0.05) is 25.7 Å². The summed E-state index contributed by atoms with van der Waals surface area (Å²) in [4.78, 5) is 40.4. The second-order valence-corrected chi connectivity index (χ2v) is 5.39. The Morgan fingerprint density at radius 1 is 1.35 bits per heavy atom. The number of hydrogen-bond acceptors (Lipinski definition) is 7. The van der Waals surface area contributed by atoms with E-state index in [4.69, 9.17) is 0 Å². The number of aromatic nitrogens is 4. The van der Waals surface area contributed by atoms with Crippen LogP contribution in [0.15, 0.2) is 39.0 Å². The molecular weight excluding hydrogens is 342 g/mol. The van der Waals surface area contributed by atoms with Gasteiger partial charge in [-0.25, -0.2) is 10.2 Å². The lowest BCUT2D eigenvalue weighted by molar-refractivity contribution is -0.384. The molecule has 0 aliphatic heterocycles. The summed E-state index contributed by atoms with van der Waals surface area (Å²) < 4.78 is 2.84. The Kier molecular flexibility index (Phi) is 4.35. The number of nitrogens with one attached hydrogen (secondary N) is 2. The largest absolute Gasteiger partial charge is 0.329 e. The number of nitro benzene ring substituents is 1. The molecule has 0 aliphatic rings. The summed E-state index contributed by atoms with van der Waals surface area (Å²) in [6, 6.07) is 5.86. The topological polar surface area (TPSA) is 140 Å². The average Bonchev–Trinajstić information content (AvgIpc) is 2.99. The van der Waals surface area contributed by atoms with Crippen LogP contribution in [-0.2, 0) is 13.6 Å². The molecule has 0 amide bonds. The highest BCUT2D eigenvalue weighted by atomic mass is 16.6. The van der Waals surface area contributed by atoms with Crippen molar-refractivity contribution in [3.05, 3.63) is 60.8 Å². The number of imidazole rings is 1. The molecule has 0 aliphatic carbocycles. The molecule has 11 nitrogen and oxygen atoms in total. The second-order valence-electron chi connectivity index (χ2n) is 5.39. The predicted molar refractivity (Wildman–Crippen MR) is 95.6 cm³/mol. The molecule has 0 atom stereocenters. The van der Waals surface area contributed by atoms with Crippen LogP contribution in [0, 0.1) is 10.1 Å². The second kappa shape index (κ2) is 6.63. The SMILES string of the molecule is CCn1c(NN=Cc2ccc([N+](=O)[O-])cc2)nc2c1c(=O)[nH]c(=O)n2C. The molecule has 2 N–H and O–H groups in total. The Morgan fingerprint density at radius 3 is 2.65 bits per heavy atom. The maximum Gasteiger partial charge on any atom is 0.329 e. The Hall–Kier alpha value is -3.76. The summed E-state index contributed by atoms with van der Waals surface area (Å²) in [5.41, 5.74) is 2.80. The van der Waals surface area contributed by atoms with E-state index in [0.29, 0.717) is 18.1 Å². The molecule has 3 aromatic rings. The van der Waals surface area contributed by atoms with E-state index in [9.17, 15) is 19.7 Å². The van der Waals surface area contributed by atoms with Crippen LogP contribution in [0.1, 0.15) is 12.5 Å². The maximum absolute atomic E-state index is 12.1. The zero-order valence-electron chi connectivity index (χ0n) is 14.0.